The van der Waals surface area contributed by atoms with Crippen LogP contribution in [0.2, 0.25) is 0 Å². The van der Waals surface area contributed by atoms with E-state index in [4.69, 9.17) is 0 Å². The summed E-state index contributed by atoms with van der Waals surface area (Å²) in [5, 5.41) is 8.41. The lowest BCUT2D eigenvalue weighted by molar-refractivity contribution is -0.125. The third kappa shape index (κ3) is 3.40. The summed E-state index contributed by atoms with van der Waals surface area (Å²) >= 11 is 1.41. The highest BCUT2D eigenvalue weighted by Gasteiger charge is 2.29. The largest absolute Gasteiger partial charge is 0.353 e. The minimum Gasteiger partial charge on any atom is -0.353 e. The van der Waals surface area contributed by atoms with Crippen molar-refractivity contribution in [1.29, 1.82) is 0 Å². The molecule has 8 heteroatoms. The Labute approximate surface area is 150 Å². The van der Waals surface area contributed by atoms with Gasteiger partial charge in [0.15, 0.2) is 0 Å². The Balaban J connectivity index is 1.50. The van der Waals surface area contributed by atoms with Gasteiger partial charge in [0, 0.05) is 30.9 Å². The molecule has 4 rings (SSSR count). The molecule has 1 amide bonds. The maximum atomic E-state index is 12.6. The van der Waals surface area contributed by atoms with Gasteiger partial charge >= 0.3 is 0 Å². The van der Waals surface area contributed by atoms with Crippen molar-refractivity contribution < 1.29 is 4.79 Å². The number of hydrogen-bond acceptors (Lipinski definition) is 6. The Hall–Kier alpha value is -1.96. The summed E-state index contributed by atoms with van der Waals surface area (Å²) in [5.74, 6) is 0.164. The Kier molecular flexibility index (Phi) is 4.45. The number of hydrogen-bond donors (Lipinski definition) is 1. The highest BCUT2D eigenvalue weighted by atomic mass is 32.1. The van der Waals surface area contributed by atoms with E-state index in [1.807, 2.05) is 6.92 Å². The van der Waals surface area contributed by atoms with Crippen LogP contribution in [0, 0.1) is 12.8 Å². The summed E-state index contributed by atoms with van der Waals surface area (Å²) < 4.78 is 1.36. The highest BCUT2D eigenvalue weighted by Crippen LogP contribution is 2.27. The van der Waals surface area contributed by atoms with Gasteiger partial charge in [0.05, 0.1) is 5.92 Å². The molecule has 25 heavy (non-hydrogen) atoms. The molecule has 1 saturated carbocycles. The van der Waals surface area contributed by atoms with Crippen LogP contribution < -0.4 is 15.8 Å². The second kappa shape index (κ2) is 6.74. The molecular formula is C17H23N5O2S. The maximum absolute atomic E-state index is 12.6. The number of amides is 1. The number of fused-ring (bicyclic) bond motifs is 1. The van der Waals surface area contributed by atoms with Crippen LogP contribution in [-0.2, 0) is 4.79 Å². The molecule has 2 aliphatic rings. The number of aromatic nitrogens is 3. The minimum atomic E-state index is -0.155. The first kappa shape index (κ1) is 16.5. The monoisotopic (exact) mass is 361 g/mol. The van der Waals surface area contributed by atoms with Gasteiger partial charge in [-0.3, -0.25) is 9.59 Å². The normalized spacial score (nSPS) is 21.8. The fourth-order valence-electron chi connectivity index (χ4n) is 3.79. The Bertz CT molecular complexity index is 839. The topological polar surface area (TPSA) is 79.6 Å². The smallest absolute Gasteiger partial charge is 0.275 e. The summed E-state index contributed by atoms with van der Waals surface area (Å²) in [6, 6.07) is 1.85. The molecule has 134 valence electrons. The average Bonchev–Trinajstić information content (AvgIpc) is 3.24. The number of rotatable bonds is 3. The molecule has 1 N–H and O–H groups in total. The van der Waals surface area contributed by atoms with E-state index in [1.54, 1.807) is 0 Å². The number of anilines is 1. The van der Waals surface area contributed by atoms with Crippen LogP contribution >= 0.6 is 11.3 Å². The molecular weight excluding hydrogens is 338 g/mol. The second-order valence-electron chi connectivity index (χ2n) is 7.09. The van der Waals surface area contributed by atoms with E-state index in [0.717, 1.165) is 37.4 Å². The summed E-state index contributed by atoms with van der Waals surface area (Å²) in [6.07, 6.45) is 6.52. The summed E-state index contributed by atoms with van der Waals surface area (Å²) in [7, 11) is 0. The molecule has 2 aromatic rings. The van der Waals surface area contributed by atoms with Gasteiger partial charge in [0.2, 0.25) is 16.0 Å². The quantitative estimate of drug-likeness (QED) is 0.901. The third-order valence-corrected chi connectivity index (χ3v) is 6.10. The van der Waals surface area contributed by atoms with Crippen LogP contribution in [0.15, 0.2) is 10.9 Å². The number of carbonyl (C=O) groups excluding carboxylic acids is 1. The van der Waals surface area contributed by atoms with Gasteiger partial charge in [0.1, 0.15) is 0 Å². The number of nitrogens with one attached hydrogen (secondary N) is 1. The Morgan fingerprint density at radius 1 is 1.28 bits per heavy atom. The fraction of sp³-hybridized carbons (Fsp3) is 0.647. The molecule has 0 spiro atoms. The standard InChI is InChI=1S/C17H23N5O2S/c1-11-9-14(23)22-16(18-11)25-17(20-22)21-8-4-5-12(10-21)15(24)19-13-6-2-3-7-13/h9,12-13H,2-8,10H2,1H3,(H,19,24). The summed E-state index contributed by atoms with van der Waals surface area (Å²) in [6.45, 7) is 3.33. The molecule has 3 heterocycles. The molecule has 2 fully saturated rings. The lowest BCUT2D eigenvalue weighted by Gasteiger charge is -2.32. The number of aryl methyl sites for hydroxylation is 1. The zero-order valence-corrected chi connectivity index (χ0v) is 15.2. The third-order valence-electron chi connectivity index (χ3n) is 5.13. The van der Waals surface area contributed by atoms with Crippen molar-refractivity contribution in [2.75, 3.05) is 18.0 Å². The van der Waals surface area contributed by atoms with Crippen molar-refractivity contribution >= 4 is 27.3 Å². The molecule has 1 unspecified atom stereocenters. The van der Waals surface area contributed by atoms with Crippen LogP contribution in [0.4, 0.5) is 5.13 Å². The predicted molar refractivity (Wildman–Crippen MR) is 97.2 cm³/mol. The SMILES string of the molecule is Cc1cc(=O)n2nc(N3CCCC(C(=O)NC4CCCC4)C3)sc2n1. The first-order valence-electron chi connectivity index (χ1n) is 9.03. The molecule has 0 bridgehead atoms. The molecule has 1 saturated heterocycles. The Morgan fingerprint density at radius 3 is 2.88 bits per heavy atom. The van der Waals surface area contributed by atoms with Crippen molar-refractivity contribution in [3.05, 3.63) is 22.1 Å². The maximum Gasteiger partial charge on any atom is 0.275 e. The number of carbonyl (C=O) groups is 1. The number of piperidine rings is 1. The van der Waals surface area contributed by atoms with Crippen molar-refractivity contribution in [2.24, 2.45) is 5.92 Å². The van der Waals surface area contributed by atoms with E-state index in [9.17, 15) is 9.59 Å². The van der Waals surface area contributed by atoms with Gasteiger partial charge in [-0.05, 0) is 32.6 Å². The second-order valence-corrected chi connectivity index (χ2v) is 8.02. The van der Waals surface area contributed by atoms with Crippen molar-refractivity contribution in [1.82, 2.24) is 19.9 Å². The van der Waals surface area contributed by atoms with Gasteiger partial charge in [-0.1, -0.05) is 24.2 Å². The van der Waals surface area contributed by atoms with E-state index in [0.29, 0.717) is 23.2 Å². The molecule has 7 nitrogen and oxygen atoms in total. The fourth-order valence-corrected chi connectivity index (χ4v) is 4.78. The van der Waals surface area contributed by atoms with Gasteiger partial charge in [-0.25, -0.2) is 4.98 Å². The lowest BCUT2D eigenvalue weighted by atomic mass is 9.97. The summed E-state index contributed by atoms with van der Waals surface area (Å²) in [5.41, 5.74) is 0.546. The first-order valence-corrected chi connectivity index (χ1v) is 9.84. The predicted octanol–water partition coefficient (Wildman–Crippen LogP) is 1.73. The Morgan fingerprint density at radius 2 is 2.08 bits per heavy atom. The van der Waals surface area contributed by atoms with Crippen LogP contribution in [0.25, 0.3) is 4.96 Å². The van der Waals surface area contributed by atoms with Gasteiger partial charge < -0.3 is 10.2 Å². The highest BCUT2D eigenvalue weighted by molar-refractivity contribution is 7.20. The number of nitrogens with zero attached hydrogens (tertiary/aromatic N) is 4. The molecule has 0 radical (unpaired) electrons. The zero-order chi connectivity index (χ0) is 17.4. The molecule has 2 aromatic heterocycles. The average molecular weight is 361 g/mol. The molecule has 0 aromatic carbocycles. The van der Waals surface area contributed by atoms with Gasteiger partial charge in [-0.15, -0.1) is 5.10 Å². The van der Waals surface area contributed by atoms with Crippen molar-refractivity contribution in [3.8, 4) is 0 Å². The molecule has 1 atom stereocenters. The van der Waals surface area contributed by atoms with Crippen molar-refractivity contribution in [2.45, 2.75) is 51.5 Å². The van der Waals surface area contributed by atoms with Crippen molar-refractivity contribution in [3.63, 3.8) is 0 Å². The first-order chi connectivity index (χ1) is 12.1. The molecule has 1 aliphatic carbocycles. The van der Waals surface area contributed by atoms with E-state index in [-0.39, 0.29) is 17.4 Å². The van der Waals surface area contributed by atoms with Crippen LogP contribution in [0.1, 0.15) is 44.2 Å². The van der Waals surface area contributed by atoms with Crippen LogP contribution in [0.5, 0.6) is 0 Å². The van der Waals surface area contributed by atoms with Gasteiger partial charge in [0.25, 0.3) is 5.56 Å². The molecule has 1 aliphatic heterocycles. The zero-order valence-electron chi connectivity index (χ0n) is 14.4. The van der Waals surface area contributed by atoms with Crippen LogP contribution in [-0.4, -0.2) is 39.6 Å². The van der Waals surface area contributed by atoms with E-state index in [2.05, 4.69) is 20.3 Å². The van der Waals surface area contributed by atoms with Crippen LogP contribution in [0.3, 0.4) is 0 Å². The van der Waals surface area contributed by atoms with Gasteiger partial charge in [-0.2, -0.15) is 4.52 Å². The van der Waals surface area contributed by atoms with E-state index in [1.165, 1.54) is 34.8 Å². The summed E-state index contributed by atoms with van der Waals surface area (Å²) in [4.78, 5) is 31.7. The lowest BCUT2D eigenvalue weighted by Crippen LogP contribution is -2.45. The minimum absolute atomic E-state index is 0.00669. The van der Waals surface area contributed by atoms with E-state index < -0.39 is 0 Å². The van der Waals surface area contributed by atoms with E-state index >= 15 is 0 Å².